The lowest BCUT2D eigenvalue weighted by molar-refractivity contribution is -0.119. The van der Waals surface area contributed by atoms with Crippen LogP contribution in [0, 0.1) is 0 Å². The van der Waals surface area contributed by atoms with Crippen LogP contribution in [-0.4, -0.2) is 25.7 Å². The van der Waals surface area contributed by atoms with Crippen molar-refractivity contribution in [2.24, 2.45) is 0 Å². The van der Waals surface area contributed by atoms with Crippen LogP contribution in [0.3, 0.4) is 0 Å². The lowest BCUT2D eigenvalue weighted by Crippen LogP contribution is -2.42. The van der Waals surface area contributed by atoms with Crippen LogP contribution < -0.4 is 4.90 Å². The van der Waals surface area contributed by atoms with E-state index in [9.17, 15) is 4.79 Å². The van der Waals surface area contributed by atoms with Crippen molar-refractivity contribution in [2.75, 3.05) is 18.6 Å². The monoisotopic (exact) mass is 261 g/mol. The van der Waals surface area contributed by atoms with E-state index in [-0.39, 0.29) is 5.91 Å². The lowest BCUT2D eigenvalue weighted by atomic mass is 9.96. The van der Waals surface area contributed by atoms with Crippen LogP contribution in [-0.2, 0) is 16.0 Å². The molecular formula is C16H23NO2. The summed E-state index contributed by atoms with van der Waals surface area (Å²) in [4.78, 5) is 14.4. The van der Waals surface area contributed by atoms with Gasteiger partial charge in [-0.25, -0.2) is 0 Å². The average Bonchev–Trinajstić information content (AvgIpc) is 2.43. The summed E-state index contributed by atoms with van der Waals surface area (Å²) in [6.45, 7) is 2.88. The number of hydrogen-bond donors (Lipinski definition) is 0. The van der Waals surface area contributed by atoms with E-state index in [1.54, 1.807) is 7.11 Å². The molecule has 0 fully saturated rings. The number of carbonyl (C=O) groups excluding carboxylic acids is 1. The summed E-state index contributed by atoms with van der Waals surface area (Å²) in [5.41, 5.74) is 2.41. The first-order valence-electron chi connectivity index (χ1n) is 7.13. The van der Waals surface area contributed by atoms with E-state index in [2.05, 4.69) is 25.1 Å². The standard InChI is InChI=1S/C16H23NO2/c1-13-10-11-14-7-3-4-8-15(14)17(13)16(18)9-5-6-12-19-2/h3-4,7-8,13H,5-6,9-12H2,1-2H3/t13-/m1/s1. The number of unbranched alkanes of at least 4 members (excludes halogenated alkanes) is 1. The van der Waals surface area contributed by atoms with Crippen molar-refractivity contribution in [1.29, 1.82) is 0 Å². The quantitative estimate of drug-likeness (QED) is 0.762. The zero-order chi connectivity index (χ0) is 13.7. The SMILES string of the molecule is COCCCCC(=O)N1c2ccccc2CC[C@H]1C. The molecule has 1 heterocycles. The molecule has 1 aliphatic heterocycles. The Bertz CT molecular complexity index is 431. The molecule has 1 atom stereocenters. The zero-order valence-corrected chi connectivity index (χ0v) is 11.9. The Morgan fingerprint density at radius 2 is 2.16 bits per heavy atom. The lowest BCUT2D eigenvalue weighted by Gasteiger charge is -2.35. The van der Waals surface area contributed by atoms with Crippen LogP contribution in [0.4, 0.5) is 5.69 Å². The zero-order valence-electron chi connectivity index (χ0n) is 11.9. The van der Waals surface area contributed by atoms with Gasteiger partial charge in [0.05, 0.1) is 0 Å². The molecule has 0 bridgehead atoms. The van der Waals surface area contributed by atoms with E-state index >= 15 is 0 Å². The molecule has 1 aliphatic rings. The summed E-state index contributed by atoms with van der Waals surface area (Å²) in [5, 5.41) is 0. The minimum absolute atomic E-state index is 0.246. The van der Waals surface area contributed by atoms with E-state index in [0.29, 0.717) is 12.5 Å². The first-order valence-corrected chi connectivity index (χ1v) is 7.13. The van der Waals surface area contributed by atoms with Gasteiger partial charge in [-0.3, -0.25) is 4.79 Å². The van der Waals surface area contributed by atoms with Gasteiger partial charge in [-0.15, -0.1) is 0 Å². The average molecular weight is 261 g/mol. The summed E-state index contributed by atoms with van der Waals surface area (Å²) in [5.74, 6) is 0.246. The Kier molecular flexibility index (Phi) is 4.97. The number of carbonyl (C=O) groups is 1. The maximum Gasteiger partial charge on any atom is 0.227 e. The molecule has 3 nitrogen and oxygen atoms in total. The van der Waals surface area contributed by atoms with Crippen LogP contribution in [0.5, 0.6) is 0 Å². The molecule has 1 aromatic carbocycles. The molecule has 0 aromatic heterocycles. The Morgan fingerprint density at radius 1 is 1.37 bits per heavy atom. The van der Waals surface area contributed by atoms with Crippen LogP contribution in [0.25, 0.3) is 0 Å². The minimum Gasteiger partial charge on any atom is -0.385 e. The summed E-state index contributed by atoms with van der Waals surface area (Å²) >= 11 is 0. The number of benzene rings is 1. The van der Waals surface area contributed by atoms with E-state index in [4.69, 9.17) is 4.74 Å². The van der Waals surface area contributed by atoms with Crippen molar-refractivity contribution >= 4 is 11.6 Å². The molecule has 1 amide bonds. The molecule has 2 rings (SSSR count). The highest BCUT2D eigenvalue weighted by Gasteiger charge is 2.27. The van der Waals surface area contributed by atoms with Crippen molar-refractivity contribution in [1.82, 2.24) is 0 Å². The van der Waals surface area contributed by atoms with Crippen LogP contribution in [0.2, 0.25) is 0 Å². The van der Waals surface area contributed by atoms with Crippen molar-refractivity contribution in [3.63, 3.8) is 0 Å². The number of amides is 1. The smallest absolute Gasteiger partial charge is 0.227 e. The third kappa shape index (κ3) is 3.35. The van der Waals surface area contributed by atoms with Gasteiger partial charge < -0.3 is 9.64 Å². The summed E-state index contributed by atoms with van der Waals surface area (Å²) in [6.07, 6.45) is 4.60. The number of para-hydroxylation sites is 1. The van der Waals surface area contributed by atoms with E-state index in [1.165, 1.54) is 5.56 Å². The highest BCUT2D eigenvalue weighted by molar-refractivity contribution is 5.95. The molecule has 0 radical (unpaired) electrons. The second-order valence-electron chi connectivity index (χ2n) is 5.23. The van der Waals surface area contributed by atoms with Crippen molar-refractivity contribution < 1.29 is 9.53 Å². The number of anilines is 1. The summed E-state index contributed by atoms with van der Waals surface area (Å²) < 4.78 is 5.02. The largest absolute Gasteiger partial charge is 0.385 e. The third-order valence-corrected chi connectivity index (χ3v) is 3.78. The molecule has 0 spiro atoms. The van der Waals surface area contributed by atoms with Crippen LogP contribution in [0.1, 0.15) is 38.2 Å². The van der Waals surface area contributed by atoms with E-state index in [0.717, 1.165) is 38.0 Å². The Morgan fingerprint density at radius 3 is 2.95 bits per heavy atom. The number of methoxy groups -OCH3 is 1. The van der Waals surface area contributed by atoms with Crippen LogP contribution in [0.15, 0.2) is 24.3 Å². The van der Waals surface area contributed by atoms with Gasteiger partial charge in [0.25, 0.3) is 0 Å². The molecular weight excluding hydrogens is 238 g/mol. The summed E-state index contributed by atoms with van der Waals surface area (Å²) in [7, 11) is 1.70. The second kappa shape index (κ2) is 6.71. The van der Waals surface area contributed by atoms with Crippen molar-refractivity contribution in [3.8, 4) is 0 Å². The first-order chi connectivity index (χ1) is 9.24. The fourth-order valence-electron chi connectivity index (χ4n) is 2.71. The number of hydrogen-bond acceptors (Lipinski definition) is 2. The Balaban J connectivity index is 2.04. The molecule has 0 aliphatic carbocycles. The van der Waals surface area contributed by atoms with E-state index < -0.39 is 0 Å². The minimum atomic E-state index is 0.246. The Hall–Kier alpha value is -1.35. The third-order valence-electron chi connectivity index (χ3n) is 3.78. The van der Waals surface area contributed by atoms with Gasteiger partial charge in [-0.1, -0.05) is 18.2 Å². The fraction of sp³-hybridized carbons (Fsp3) is 0.562. The molecule has 0 saturated carbocycles. The molecule has 0 unspecified atom stereocenters. The van der Waals surface area contributed by atoms with Gasteiger partial charge >= 0.3 is 0 Å². The second-order valence-corrected chi connectivity index (χ2v) is 5.23. The number of nitrogens with zero attached hydrogens (tertiary/aromatic N) is 1. The molecule has 0 N–H and O–H groups in total. The molecule has 19 heavy (non-hydrogen) atoms. The molecule has 1 aromatic rings. The predicted molar refractivity (Wildman–Crippen MR) is 77.4 cm³/mol. The van der Waals surface area contributed by atoms with Gasteiger partial charge in [0.1, 0.15) is 0 Å². The number of aryl methyl sites for hydroxylation is 1. The van der Waals surface area contributed by atoms with Gasteiger partial charge in [-0.2, -0.15) is 0 Å². The van der Waals surface area contributed by atoms with Crippen LogP contribution >= 0.6 is 0 Å². The molecule has 3 heteroatoms. The van der Waals surface area contributed by atoms with Gasteiger partial charge in [0, 0.05) is 31.9 Å². The molecule has 104 valence electrons. The summed E-state index contributed by atoms with van der Waals surface area (Å²) in [6, 6.07) is 8.58. The van der Waals surface area contributed by atoms with Crippen molar-refractivity contribution in [3.05, 3.63) is 29.8 Å². The van der Waals surface area contributed by atoms with E-state index in [1.807, 2.05) is 11.0 Å². The molecule has 0 saturated heterocycles. The number of fused-ring (bicyclic) bond motifs is 1. The normalized spacial score (nSPS) is 18.2. The highest BCUT2D eigenvalue weighted by atomic mass is 16.5. The van der Waals surface area contributed by atoms with Gasteiger partial charge in [0.15, 0.2) is 0 Å². The maximum atomic E-state index is 12.4. The van der Waals surface area contributed by atoms with Gasteiger partial charge in [-0.05, 0) is 44.2 Å². The van der Waals surface area contributed by atoms with Gasteiger partial charge in [0.2, 0.25) is 5.91 Å². The fourth-order valence-corrected chi connectivity index (χ4v) is 2.71. The maximum absolute atomic E-state index is 12.4. The Labute approximate surface area is 115 Å². The topological polar surface area (TPSA) is 29.5 Å². The highest BCUT2D eigenvalue weighted by Crippen LogP contribution is 2.31. The number of rotatable bonds is 5. The number of ether oxygens (including phenoxy) is 1. The predicted octanol–water partition coefficient (Wildman–Crippen LogP) is 3.17. The first kappa shape index (κ1) is 14.1. The van der Waals surface area contributed by atoms with Crippen molar-refractivity contribution in [2.45, 2.75) is 45.1 Å².